The van der Waals surface area contributed by atoms with Crippen LogP contribution in [0.4, 0.5) is 0 Å². The van der Waals surface area contributed by atoms with Crippen molar-refractivity contribution in [2.75, 3.05) is 19.7 Å². The zero-order chi connectivity index (χ0) is 18.7. The molecular weight excluding hydrogens is 354 g/mol. The fraction of sp³-hybridized carbons (Fsp3) is 0.421. The summed E-state index contributed by atoms with van der Waals surface area (Å²) in [6.45, 7) is 5.02. The molecule has 6 nitrogen and oxygen atoms in total. The number of carbonyl (C=O) groups is 2. The number of nitrogens with zero attached hydrogens (tertiary/aromatic N) is 3. The van der Waals surface area contributed by atoms with E-state index >= 15 is 0 Å². The van der Waals surface area contributed by atoms with Crippen LogP contribution in [-0.4, -0.2) is 46.3 Å². The molecule has 2 aromatic rings. The molecule has 1 aliphatic heterocycles. The average Bonchev–Trinajstić information content (AvgIpc) is 3.03. The summed E-state index contributed by atoms with van der Waals surface area (Å²) >= 11 is 6.05. The standard InChI is InChI=1S/C19H22ClN3O3/c1-3-26-19(25)14-6-5-9-22(12-14)18(24)17-11-21-23(13(17)2)16-8-4-7-15(20)10-16/h4,7-8,10-11,14H,3,5-6,9,12H2,1-2H3. The van der Waals surface area contributed by atoms with Gasteiger partial charge in [0.15, 0.2) is 0 Å². The second-order valence-corrected chi connectivity index (χ2v) is 6.81. The van der Waals surface area contributed by atoms with E-state index in [2.05, 4.69) is 5.10 Å². The first kappa shape index (κ1) is 18.5. The van der Waals surface area contributed by atoms with Crippen molar-refractivity contribution in [2.24, 2.45) is 5.92 Å². The van der Waals surface area contributed by atoms with E-state index in [1.165, 1.54) is 0 Å². The van der Waals surface area contributed by atoms with E-state index < -0.39 is 0 Å². The number of hydrogen-bond donors (Lipinski definition) is 0. The number of ether oxygens (including phenoxy) is 1. The maximum Gasteiger partial charge on any atom is 0.310 e. The van der Waals surface area contributed by atoms with E-state index in [0.717, 1.165) is 24.2 Å². The van der Waals surface area contributed by atoms with Crippen molar-refractivity contribution in [3.63, 3.8) is 0 Å². The molecule has 1 amide bonds. The number of halogens is 1. The zero-order valence-electron chi connectivity index (χ0n) is 14.9. The van der Waals surface area contributed by atoms with Gasteiger partial charge in [-0.25, -0.2) is 4.68 Å². The van der Waals surface area contributed by atoms with Gasteiger partial charge in [-0.05, 0) is 44.9 Å². The van der Waals surface area contributed by atoms with Crippen molar-refractivity contribution >= 4 is 23.5 Å². The lowest BCUT2D eigenvalue weighted by Crippen LogP contribution is -2.43. The molecule has 0 saturated carbocycles. The highest BCUT2D eigenvalue weighted by Gasteiger charge is 2.31. The van der Waals surface area contributed by atoms with Crippen molar-refractivity contribution in [3.05, 3.63) is 46.7 Å². The van der Waals surface area contributed by atoms with Gasteiger partial charge in [-0.3, -0.25) is 9.59 Å². The van der Waals surface area contributed by atoms with Crippen LogP contribution < -0.4 is 0 Å². The molecule has 26 heavy (non-hydrogen) atoms. The maximum atomic E-state index is 13.0. The van der Waals surface area contributed by atoms with Crippen LogP contribution in [0.15, 0.2) is 30.5 Å². The zero-order valence-corrected chi connectivity index (χ0v) is 15.7. The minimum atomic E-state index is -0.254. The molecule has 1 aromatic heterocycles. The van der Waals surface area contributed by atoms with Crippen molar-refractivity contribution in [1.29, 1.82) is 0 Å². The van der Waals surface area contributed by atoms with Gasteiger partial charge in [0.25, 0.3) is 5.91 Å². The Balaban J connectivity index is 1.79. The molecule has 0 aliphatic carbocycles. The lowest BCUT2D eigenvalue weighted by atomic mass is 9.97. The quantitative estimate of drug-likeness (QED) is 0.769. The number of aromatic nitrogens is 2. The predicted molar refractivity (Wildman–Crippen MR) is 98.6 cm³/mol. The summed E-state index contributed by atoms with van der Waals surface area (Å²) in [6.07, 6.45) is 3.12. The highest BCUT2D eigenvalue weighted by molar-refractivity contribution is 6.30. The molecule has 3 rings (SSSR count). The molecule has 1 fully saturated rings. The number of piperidine rings is 1. The Bertz CT molecular complexity index is 818. The number of hydrogen-bond acceptors (Lipinski definition) is 4. The number of rotatable bonds is 4. The van der Waals surface area contributed by atoms with E-state index in [1.807, 2.05) is 19.1 Å². The van der Waals surface area contributed by atoms with Gasteiger partial charge in [-0.2, -0.15) is 5.10 Å². The van der Waals surface area contributed by atoms with Crippen LogP contribution in [0.3, 0.4) is 0 Å². The molecule has 138 valence electrons. The molecular formula is C19H22ClN3O3. The molecule has 7 heteroatoms. The first-order valence-electron chi connectivity index (χ1n) is 8.77. The lowest BCUT2D eigenvalue weighted by Gasteiger charge is -2.31. The topological polar surface area (TPSA) is 64.4 Å². The molecule has 0 spiro atoms. The lowest BCUT2D eigenvalue weighted by molar-refractivity contribution is -0.149. The summed E-state index contributed by atoms with van der Waals surface area (Å²) in [6, 6.07) is 7.32. The number of likely N-dealkylation sites (tertiary alicyclic amines) is 1. The molecule has 0 bridgehead atoms. The van der Waals surface area contributed by atoms with Crippen molar-refractivity contribution < 1.29 is 14.3 Å². The third-order valence-corrected chi connectivity index (χ3v) is 4.86. The minimum Gasteiger partial charge on any atom is -0.466 e. The molecule has 1 unspecified atom stereocenters. The number of carbonyl (C=O) groups excluding carboxylic acids is 2. The van der Waals surface area contributed by atoms with Gasteiger partial charge in [-0.15, -0.1) is 0 Å². The summed E-state index contributed by atoms with van der Waals surface area (Å²) in [7, 11) is 0. The van der Waals surface area contributed by atoms with Crippen LogP contribution >= 0.6 is 11.6 Å². The van der Waals surface area contributed by atoms with Crippen LogP contribution in [0.25, 0.3) is 5.69 Å². The van der Waals surface area contributed by atoms with Gasteiger partial charge in [0.1, 0.15) is 0 Å². The molecule has 2 heterocycles. The molecule has 0 N–H and O–H groups in total. The monoisotopic (exact) mass is 375 g/mol. The summed E-state index contributed by atoms with van der Waals surface area (Å²) in [5.41, 5.74) is 2.09. The SMILES string of the molecule is CCOC(=O)C1CCCN(C(=O)c2cnn(-c3cccc(Cl)c3)c2C)C1. The maximum absolute atomic E-state index is 13.0. The highest BCUT2D eigenvalue weighted by Crippen LogP contribution is 2.23. The summed E-state index contributed by atoms with van der Waals surface area (Å²) in [4.78, 5) is 26.7. The molecule has 1 aromatic carbocycles. The van der Waals surface area contributed by atoms with Gasteiger partial charge in [0, 0.05) is 18.1 Å². The largest absolute Gasteiger partial charge is 0.466 e. The van der Waals surface area contributed by atoms with Crippen LogP contribution in [0.1, 0.15) is 35.8 Å². The van der Waals surface area contributed by atoms with E-state index in [1.54, 1.807) is 34.8 Å². The number of benzene rings is 1. The Hall–Kier alpha value is -2.34. The fourth-order valence-electron chi connectivity index (χ4n) is 3.27. The van der Waals surface area contributed by atoms with Gasteiger partial charge in [0.2, 0.25) is 0 Å². The minimum absolute atomic E-state index is 0.107. The Morgan fingerprint density at radius 1 is 1.38 bits per heavy atom. The van der Waals surface area contributed by atoms with Crippen LogP contribution in [0.5, 0.6) is 0 Å². The summed E-state index contributed by atoms with van der Waals surface area (Å²) in [5, 5.41) is 4.96. The molecule has 0 radical (unpaired) electrons. The Kier molecular flexibility index (Phi) is 5.61. The number of esters is 1. The smallest absolute Gasteiger partial charge is 0.310 e. The van der Waals surface area contributed by atoms with Gasteiger partial charge < -0.3 is 9.64 Å². The van der Waals surface area contributed by atoms with E-state index in [4.69, 9.17) is 16.3 Å². The third-order valence-electron chi connectivity index (χ3n) is 4.62. The van der Waals surface area contributed by atoms with E-state index in [0.29, 0.717) is 30.3 Å². The molecule has 1 aliphatic rings. The van der Waals surface area contributed by atoms with Crippen LogP contribution in [0, 0.1) is 12.8 Å². The van der Waals surface area contributed by atoms with Crippen molar-refractivity contribution in [1.82, 2.24) is 14.7 Å². The second kappa shape index (κ2) is 7.91. The Morgan fingerprint density at radius 2 is 2.19 bits per heavy atom. The van der Waals surface area contributed by atoms with Gasteiger partial charge in [-0.1, -0.05) is 17.7 Å². The van der Waals surface area contributed by atoms with Crippen LogP contribution in [-0.2, 0) is 9.53 Å². The van der Waals surface area contributed by atoms with E-state index in [-0.39, 0.29) is 17.8 Å². The van der Waals surface area contributed by atoms with Crippen molar-refractivity contribution in [3.8, 4) is 5.69 Å². The molecule has 1 saturated heterocycles. The van der Waals surface area contributed by atoms with Crippen LogP contribution in [0.2, 0.25) is 5.02 Å². The first-order chi connectivity index (χ1) is 12.5. The summed E-state index contributed by atoms with van der Waals surface area (Å²) in [5.74, 6) is -0.586. The normalized spacial score (nSPS) is 17.2. The van der Waals surface area contributed by atoms with Gasteiger partial charge in [0.05, 0.1) is 35.7 Å². The van der Waals surface area contributed by atoms with Gasteiger partial charge >= 0.3 is 5.97 Å². The van der Waals surface area contributed by atoms with E-state index in [9.17, 15) is 9.59 Å². The average molecular weight is 376 g/mol. The number of amides is 1. The fourth-order valence-corrected chi connectivity index (χ4v) is 3.46. The van der Waals surface area contributed by atoms with Crippen molar-refractivity contribution in [2.45, 2.75) is 26.7 Å². The first-order valence-corrected chi connectivity index (χ1v) is 9.15. The summed E-state index contributed by atoms with van der Waals surface area (Å²) < 4.78 is 6.81. The Labute approximate surface area is 157 Å². The Morgan fingerprint density at radius 3 is 2.92 bits per heavy atom. The highest BCUT2D eigenvalue weighted by atomic mass is 35.5. The second-order valence-electron chi connectivity index (χ2n) is 6.38. The predicted octanol–water partition coefficient (Wildman–Crippen LogP) is 3.25. The molecule has 1 atom stereocenters. The third kappa shape index (κ3) is 3.75.